The van der Waals surface area contributed by atoms with Crippen LogP contribution in [0.25, 0.3) is 5.69 Å². The Kier molecular flexibility index (Phi) is 8.33. The average molecular weight is 488 g/mol. The molecule has 0 aliphatic carbocycles. The molecule has 0 bridgehead atoms. The molecule has 3 aromatic rings. The molecule has 3 rings (SSSR count). The fraction of sp³-hybridized carbons (Fsp3) is 0.238. The summed E-state index contributed by atoms with van der Waals surface area (Å²) in [4.78, 5) is 37.7. The van der Waals surface area contributed by atoms with Gasteiger partial charge in [-0.1, -0.05) is 42.6 Å². The molecule has 1 aromatic carbocycles. The second-order valence-corrected chi connectivity index (χ2v) is 8.38. The number of anilines is 1. The average Bonchev–Trinajstić information content (AvgIpc) is 3.41. The lowest BCUT2D eigenvalue weighted by Crippen LogP contribution is -2.17. The minimum Gasteiger partial charge on any atom is -0.462 e. The summed E-state index contributed by atoms with van der Waals surface area (Å²) in [5.74, 6) is -1.67. The molecule has 12 heteroatoms. The first kappa shape index (κ1) is 24.1. The van der Waals surface area contributed by atoms with Gasteiger partial charge in [0.15, 0.2) is 0 Å². The summed E-state index contributed by atoms with van der Waals surface area (Å²) in [5, 5.41) is 14.9. The van der Waals surface area contributed by atoms with Crippen molar-refractivity contribution in [2.75, 3.05) is 24.3 Å². The number of benzene rings is 1. The van der Waals surface area contributed by atoms with Crippen molar-refractivity contribution in [3.05, 3.63) is 59.0 Å². The highest BCUT2D eigenvalue weighted by Crippen LogP contribution is 2.34. The van der Waals surface area contributed by atoms with Crippen LogP contribution < -0.4 is 5.32 Å². The number of ether oxygens (including phenoxy) is 2. The van der Waals surface area contributed by atoms with E-state index in [1.54, 1.807) is 13.8 Å². The minimum atomic E-state index is -0.634. The highest BCUT2D eigenvalue weighted by atomic mass is 32.2. The Bertz CT molecular complexity index is 1160. The number of esters is 2. The molecule has 1 N–H and O–H groups in total. The van der Waals surface area contributed by atoms with E-state index >= 15 is 0 Å². The van der Waals surface area contributed by atoms with E-state index in [4.69, 9.17) is 9.47 Å². The van der Waals surface area contributed by atoms with E-state index in [2.05, 4.69) is 27.4 Å². The van der Waals surface area contributed by atoms with Crippen LogP contribution in [0.3, 0.4) is 0 Å². The molecule has 0 saturated heterocycles. The molecule has 2 aromatic heterocycles. The zero-order chi connectivity index (χ0) is 23.8. The third kappa shape index (κ3) is 5.84. The van der Waals surface area contributed by atoms with Gasteiger partial charge in [0.1, 0.15) is 16.5 Å². The van der Waals surface area contributed by atoms with Crippen molar-refractivity contribution in [3.8, 4) is 5.69 Å². The Morgan fingerprint density at radius 1 is 1.21 bits per heavy atom. The molecular formula is C21H21N5O5S2. The van der Waals surface area contributed by atoms with Crippen LogP contribution in [-0.4, -0.2) is 57.0 Å². The number of carbonyl (C=O) groups is 3. The van der Waals surface area contributed by atoms with Crippen molar-refractivity contribution in [2.24, 2.45) is 0 Å². The first-order valence-electron chi connectivity index (χ1n) is 9.81. The standard InChI is InChI=1S/C21H21N5O5S2/c1-4-11-31-20(29)17-13(3)16(19(28)30-5-2)18(33-17)22-15(27)12-32-21-23-24-25-26(21)14-9-7-6-8-10-14/h4,6-10H,1,5,11-12H2,2-3H3,(H,22,27). The van der Waals surface area contributed by atoms with Gasteiger partial charge in [-0.15, -0.1) is 16.4 Å². The van der Waals surface area contributed by atoms with Gasteiger partial charge < -0.3 is 14.8 Å². The van der Waals surface area contributed by atoms with Crippen LogP contribution in [0.4, 0.5) is 5.00 Å². The van der Waals surface area contributed by atoms with Gasteiger partial charge in [-0.3, -0.25) is 4.79 Å². The molecule has 172 valence electrons. The normalized spacial score (nSPS) is 10.5. The lowest BCUT2D eigenvalue weighted by molar-refractivity contribution is -0.113. The highest BCUT2D eigenvalue weighted by molar-refractivity contribution is 7.99. The SMILES string of the molecule is C=CCOC(=O)c1sc(NC(=O)CSc2nnnn2-c2ccccc2)c(C(=O)OCC)c1C. The molecule has 0 saturated carbocycles. The van der Waals surface area contributed by atoms with Gasteiger partial charge in [0.2, 0.25) is 11.1 Å². The summed E-state index contributed by atoms with van der Waals surface area (Å²) >= 11 is 2.08. The number of para-hydroxylation sites is 1. The van der Waals surface area contributed by atoms with Gasteiger partial charge >= 0.3 is 11.9 Å². The molecule has 10 nitrogen and oxygen atoms in total. The van der Waals surface area contributed by atoms with Gasteiger partial charge in [0.25, 0.3) is 0 Å². The Morgan fingerprint density at radius 3 is 2.67 bits per heavy atom. The number of hydrogen-bond donors (Lipinski definition) is 1. The molecule has 0 fully saturated rings. The Labute approximate surface area is 198 Å². The maximum absolute atomic E-state index is 12.7. The van der Waals surface area contributed by atoms with E-state index < -0.39 is 17.8 Å². The minimum absolute atomic E-state index is 0.0251. The zero-order valence-electron chi connectivity index (χ0n) is 17.9. The Hall–Kier alpha value is -3.51. The lowest BCUT2D eigenvalue weighted by atomic mass is 10.1. The van der Waals surface area contributed by atoms with Gasteiger partial charge in [-0.05, 0) is 42.0 Å². The highest BCUT2D eigenvalue weighted by Gasteiger charge is 2.27. The fourth-order valence-electron chi connectivity index (χ4n) is 2.74. The van der Waals surface area contributed by atoms with Gasteiger partial charge in [0, 0.05) is 0 Å². The summed E-state index contributed by atoms with van der Waals surface area (Å²) in [7, 11) is 0. The van der Waals surface area contributed by atoms with Crippen molar-refractivity contribution >= 4 is 45.9 Å². The quantitative estimate of drug-likeness (QED) is 0.260. The van der Waals surface area contributed by atoms with Gasteiger partial charge in [-0.25, -0.2) is 9.59 Å². The van der Waals surface area contributed by atoms with Gasteiger partial charge in [-0.2, -0.15) is 4.68 Å². The molecule has 1 amide bonds. The summed E-state index contributed by atoms with van der Waals surface area (Å²) in [6, 6.07) is 9.26. The maximum Gasteiger partial charge on any atom is 0.348 e. The van der Waals surface area contributed by atoms with Gasteiger partial charge in [0.05, 0.1) is 23.6 Å². The van der Waals surface area contributed by atoms with Crippen molar-refractivity contribution in [1.82, 2.24) is 20.2 Å². The Morgan fingerprint density at radius 2 is 1.97 bits per heavy atom. The molecule has 0 radical (unpaired) electrons. The van der Waals surface area contributed by atoms with E-state index in [9.17, 15) is 14.4 Å². The molecule has 0 aliphatic rings. The number of aromatic nitrogens is 4. The number of hydrogen-bond acceptors (Lipinski definition) is 10. The predicted octanol–water partition coefficient (Wildman–Crippen LogP) is 3.28. The largest absolute Gasteiger partial charge is 0.462 e. The molecule has 2 heterocycles. The van der Waals surface area contributed by atoms with E-state index in [1.807, 2.05) is 30.3 Å². The third-order valence-corrected chi connectivity index (χ3v) is 6.28. The van der Waals surface area contributed by atoms with Crippen LogP contribution in [0.1, 0.15) is 32.5 Å². The first-order chi connectivity index (χ1) is 16.0. The van der Waals surface area contributed by atoms with Crippen LogP contribution in [0.15, 0.2) is 48.1 Å². The van der Waals surface area contributed by atoms with Crippen LogP contribution in [0.5, 0.6) is 0 Å². The summed E-state index contributed by atoms with van der Waals surface area (Å²) < 4.78 is 11.7. The van der Waals surface area contributed by atoms with Crippen LogP contribution in [0.2, 0.25) is 0 Å². The fourth-order valence-corrected chi connectivity index (χ4v) is 4.53. The summed E-state index contributed by atoms with van der Waals surface area (Å²) in [6.45, 7) is 6.96. The number of tetrazole rings is 1. The van der Waals surface area contributed by atoms with Crippen molar-refractivity contribution in [2.45, 2.75) is 19.0 Å². The second-order valence-electron chi connectivity index (χ2n) is 6.41. The predicted molar refractivity (Wildman–Crippen MR) is 124 cm³/mol. The number of thiophene rings is 1. The number of rotatable bonds is 10. The van der Waals surface area contributed by atoms with Crippen molar-refractivity contribution < 1.29 is 23.9 Å². The molecule has 0 aliphatic heterocycles. The zero-order valence-corrected chi connectivity index (χ0v) is 19.6. The number of thioether (sulfide) groups is 1. The number of carbonyl (C=O) groups excluding carboxylic acids is 3. The molecule has 0 spiro atoms. The number of nitrogens with one attached hydrogen (secondary N) is 1. The first-order valence-corrected chi connectivity index (χ1v) is 11.6. The lowest BCUT2D eigenvalue weighted by Gasteiger charge is -2.07. The van der Waals surface area contributed by atoms with E-state index in [-0.39, 0.29) is 34.4 Å². The second kappa shape index (κ2) is 11.4. The van der Waals surface area contributed by atoms with Crippen molar-refractivity contribution in [1.29, 1.82) is 0 Å². The monoisotopic (exact) mass is 487 g/mol. The maximum atomic E-state index is 12.7. The molecular weight excluding hydrogens is 466 g/mol. The third-order valence-electron chi connectivity index (χ3n) is 4.17. The summed E-state index contributed by atoms with van der Waals surface area (Å²) in [5.41, 5.74) is 1.26. The van der Waals surface area contributed by atoms with Crippen LogP contribution in [0, 0.1) is 6.92 Å². The molecule has 0 unspecified atom stereocenters. The molecule has 33 heavy (non-hydrogen) atoms. The number of nitrogens with zero attached hydrogens (tertiary/aromatic N) is 4. The van der Waals surface area contributed by atoms with Crippen LogP contribution in [-0.2, 0) is 14.3 Å². The van der Waals surface area contributed by atoms with E-state index in [0.29, 0.717) is 10.7 Å². The summed E-state index contributed by atoms with van der Waals surface area (Å²) in [6.07, 6.45) is 1.44. The van der Waals surface area contributed by atoms with E-state index in [0.717, 1.165) is 28.8 Å². The Balaban J connectivity index is 1.76. The molecule has 0 atom stereocenters. The topological polar surface area (TPSA) is 125 Å². The number of amides is 1. The van der Waals surface area contributed by atoms with Crippen molar-refractivity contribution in [3.63, 3.8) is 0 Å². The van der Waals surface area contributed by atoms with E-state index in [1.165, 1.54) is 10.8 Å². The smallest absolute Gasteiger partial charge is 0.348 e. The van der Waals surface area contributed by atoms with Crippen LogP contribution >= 0.6 is 23.1 Å².